The zero-order valence-corrected chi connectivity index (χ0v) is 7.82. The summed E-state index contributed by atoms with van der Waals surface area (Å²) in [6.45, 7) is 1.41. The van der Waals surface area contributed by atoms with E-state index >= 15 is 0 Å². The maximum absolute atomic E-state index is 11.1. The van der Waals surface area contributed by atoms with Crippen molar-refractivity contribution in [3.63, 3.8) is 0 Å². The molecule has 0 spiro atoms. The van der Waals surface area contributed by atoms with Crippen molar-refractivity contribution >= 4 is 17.7 Å². The molecule has 0 bridgehead atoms. The number of carbonyl (C=O) groups excluding carboxylic acids is 3. The first-order valence-corrected chi connectivity index (χ1v) is 3.98. The van der Waals surface area contributed by atoms with Gasteiger partial charge in [0.15, 0.2) is 0 Å². The molecule has 7 heteroatoms. The minimum Gasteiger partial charge on any atom is -0.370 e. The highest BCUT2D eigenvalue weighted by atomic mass is 16.2. The van der Waals surface area contributed by atoms with Crippen molar-refractivity contribution in [2.45, 2.75) is 25.4 Å². The van der Waals surface area contributed by atoms with Crippen LogP contribution in [0.1, 0.15) is 13.3 Å². The highest BCUT2D eigenvalue weighted by Gasteiger charge is 2.19. The van der Waals surface area contributed by atoms with E-state index in [1.54, 1.807) is 0 Å². The molecule has 3 amide bonds. The van der Waals surface area contributed by atoms with E-state index in [0.717, 1.165) is 0 Å². The minimum absolute atomic E-state index is 0.267. The number of hydrogen-bond donors (Lipinski definition) is 4. The van der Waals surface area contributed by atoms with E-state index in [4.69, 9.17) is 17.2 Å². The molecule has 0 aromatic heterocycles. The molecular weight excluding hydrogens is 188 g/mol. The van der Waals surface area contributed by atoms with Crippen LogP contribution in [0.3, 0.4) is 0 Å². The molecule has 2 atom stereocenters. The fourth-order valence-corrected chi connectivity index (χ4v) is 0.701. The van der Waals surface area contributed by atoms with E-state index in [1.807, 2.05) is 0 Å². The van der Waals surface area contributed by atoms with E-state index in [-0.39, 0.29) is 6.42 Å². The molecule has 0 radical (unpaired) electrons. The first-order valence-electron chi connectivity index (χ1n) is 3.98. The van der Waals surface area contributed by atoms with Gasteiger partial charge < -0.3 is 22.5 Å². The van der Waals surface area contributed by atoms with Crippen molar-refractivity contribution in [3.8, 4) is 0 Å². The Balaban J connectivity index is 4.07. The van der Waals surface area contributed by atoms with Crippen molar-refractivity contribution < 1.29 is 14.4 Å². The molecule has 14 heavy (non-hydrogen) atoms. The Bertz CT molecular complexity index is 253. The lowest BCUT2D eigenvalue weighted by Crippen LogP contribution is -2.50. The van der Waals surface area contributed by atoms with E-state index < -0.39 is 29.8 Å². The summed E-state index contributed by atoms with van der Waals surface area (Å²) in [5, 5.41) is 2.24. The molecule has 0 aliphatic heterocycles. The van der Waals surface area contributed by atoms with Crippen LogP contribution in [0.5, 0.6) is 0 Å². The second-order valence-electron chi connectivity index (χ2n) is 2.91. The third kappa shape index (κ3) is 4.41. The van der Waals surface area contributed by atoms with Crippen LogP contribution in [0.15, 0.2) is 0 Å². The first-order chi connectivity index (χ1) is 6.34. The van der Waals surface area contributed by atoms with E-state index in [9.17, 15) is 14.4 Å². The van der Waals surface area contributed by atoms with Gasteiger partial charge in [-0.15, -0.1) is 0 Å². The van der Waals surface area contributed by atoms with E-state index in [1.165, 1.54) is 6.92 Å². The van der Waals surface area contributed by atoms with Gasteiger partial charge in [0.2, 0.25) is 17.7 Å². The molecule has 0 aromatic rings. The lowest BCUT2D eigenvalue weighted by atomic mass is 10.2. The monoisotopic (exact) mass is 202 g/mol. The maximum atomic E-state index is 11.1. The molecule has 0 aliphatic rings. The molecule has 0 saturated heterocycles. The number of primary amides is 2. The Morgan fingerprint density at radius 2 is 1.79 bits per heavy atom. The largest absolute Gasteiger partial charge is 0.370 e. The second-order valence-corrected chi connectivity index (χ2v) is 2.91. The Hall–Kier alpha value is -1.63. The topological polar surface area (TPSA) is 141 Å². The van der Waals surface area contributed by atoms with Gasteiger partial charge >= 0.3 is 0 Å². The predicted octanol–water partition coefficient (Wildman–Crippen LogP) is -2.82. The number of carbonyl (C=O) groups is 3. The van der Waals surface area contributed by atoms with Crippen LogP contribution < -0.4 is 22.5 Å². The van der Waals surface area contributed by atoms with E-state index in [2.05, 4.69) is 5.32 Å². The SMILES string of the molecule is CC(NC(=O)C(N)CC(N)=O)C(N)=O. The second kappa shape index (κ2) is 5.18. The third-order valence-corrected chi connectivity index (χ3v) is 1.54. The molecule has 7 N–H and O–H groups in total. The summed E-state index contributed by atoms with van der Waals surface area (Å²) < 4.78 is 0. The Kier molecular flexibility index (Phi) is 4.57. The lowest BCUT2D eigenvalue weighted by Gasteiger charge is -2.13. The standard InChI is InChI=1S/C7H14N4O3/c1-3(6(10)13)11-7(14)4(8)2-5(9)12/h3-4H,2,8H2,1H3,(H2,9,12)(H2,10,13)(H,11,14). The Labute approximate surface area is 81.0 Å². The molecule has 0 heterocycles. The van der Waals surface area contributed by atoms with Crippen LogP contribution in [0.4, 0.5) is 0 Å². The fourth-order valence-electron chi connectivity index (χ4n) is 0.701. The van der Waals surface area contributed by atoms with Crippen LogP contribution in [0.25, 0.3) is 0 Å². The number of amides is 3. The van der Waals surface area contributed by atoms with Gasteiger partial charge in [-0.25, -0.2) is 0 Å². The fraction of sp³-hybridized carbons (Fsp3) is 0.571. The molecule has 80 valence electrons. The first kappa shape index (κ1) is 12.4. The zero-order valence-electron chi connectivity index (χ0n) is 7.82. The third-order valence-electron chi connectivity index (χ3n) is 1.54. The van der Waals surface area contributed by atoms with E-state index in [0.29, 0.717) is 0 Å². The number of nitrogens with one attached hydrogen (secondary N) is 1. The molecule has 0 fully saturated rings. The zero-order chi connectivity index (χ0) is 11.3. The van der Waals surface area contributed by atoms with Crippen LogP contribution in [0.2, 0.25) is 0 Å². The summed E-state index contributed by atoms with van der Waals surface area (Å²) >= 11 is 0. The van der Waals surface area contributed by atoms with Gasteiger partial charge in [-0.1, -0.05) is 0 Å². The summed E-state index contributed by atoms with van der Waals surface area (Å²) in [7, 11) is 0. The van der Waals surface area contributed by atoms with Gasteiger partial charge in [0.05, 0.1) is 12.5 Å². The highest BCUT2D eigenvalue weighted by Crippen LogP contribution is 1.89. The summed E-state index contributed by atoms with van der Waals surface area (Å²) in [6, 6.07) is -1.87. The quantitative estimate of drug-likeness (QED) is 0.381. The normalized spacial score (nSPS) is 14.1. The molecule has 0 aliphatic carbocycles. The summed E-state index contributed by atoms with van der Waals surface area (Å²) in [5.74, 6) is -1.99. The summed E-state index contributed by atoms with van der Waals surface area (Å²) in [6.07, 6.45) is -0.267. The molecule has 2 unspecified atom stereocenters. The highest BCUT2D eigenvalue weighted by molar-refractivity contribution is 5.91. The summed E-state index contributed by atoms with van der Waals surface area (Å²) in [4.78, 5) is 32.1. The van der Waals surface area contributed by atoms with Gasteiger partial charge in [-0.3, -0.25) is 14.4 Å². The molecule has 0 aromatic carbocycles. The predicted molar refractivity (Wildman–Crippen MR) is 48.6 cm³/mol. The van der Waals surface area contributed by atoms with Crippen molar-refractivity contribution in [2.24, 2.45) is 17.2 Å². The van der Waals surface area contributed by atoms with Gasteiger partial charge in [0.25, 0.3) is 0 Å². The summed E-state index contributed by atoms with van der Waals surface area (Å²) in [5.41, 5.74) is 15.0. The number of hydrogen-bond acceptors (Lipinski definition) is 4. The molecular formula is C7H14N4O3. The minimum atomic E-state index is -1.05. The van der Waals surface area contributed by atoms with Gasteiger partial charge in [0, 0.05) is 0 Å². The Morgan fingerprint density at radius 1 is 1.29 bits per heavy atom. The average molecular weight is 202 g/mol. The average Bonchev–Trinajstić information content (AvgIpc) is 2.02. The van der Waals surface area contributed by atoms with Crippen LogP contribution >= 0.6 is 0 Å². The number of rotatable bonds is 5. The maximum Gasteiger partial charge on any atom is 0.239 e. The lowest BCUT2D eigenvalue weighted by molar-refractivity contribution is -0.129. The van der Waals surface area contributed by atoms with Gasteiger partial charge in [-0.2, -0.15) is 0 Å². The smallest absolute Gasteiger partial charge is 0.239 e. The van der Waals surface area contributed by atoms with Crippen LogP contribution in [-0.4, -0.2) is 29.8 Å². The number of nitrogens with two attached hydrogens (primary N) is 3. The van der Waals surface area contributed by atoms with Gasteiger partial charge in [0.1, 0.15) is 6.04 Å². The van der Waals surface area contributed by atoms with Crippen molar-refractivity contribution in [3.05, 3.63) is 0 Å². The van der Waals surface area contributed by atoms with Crippen LogP contribution in [-0.2, 0) is 14.4 Å². The molecule has 0 rings (SSSR count). The Morgan fingerprint density at radius 3 is 2.14 bits per heavy atom. The molecule has 7 nitrogen and oxygen atoms in total. The van der Waals surface area contributed by atoms with Crippen molar-refractivity contribution in [1.29, 1.82) is 0 Å². The van der Waals surface area contributed by atoms with Crippen molar-refractivity contribution in [1.82, 2.24) is 5.32 Å². The van der Waals surface area contributed by atoms with Crippen LogP contribution in [0, 0.1) is 0 Å². The molecule has 0 saturated carbocycles. The van der Waals surface area contributed by atoms with Gasteiger partial charge in [-0.05, 0) is 6.92 Å². The van der Waals surface area contributed by atoms with Crippen molar-refractivity contribution in [2.75, 3.05) is 0 Å².